The molecule has 0 aliphatic heterocycles. The maximum Gasteiger partial charge on any atom is 0.192 e. The fourth-order valence-electron chi connectivity index (χ4n) is 1.88. The maximum atomic E-state index is 9.80. The number of fused-ring (bicyclic) bond motifs is 1. The van der Waals surface area contributed by atoms with E-state index in [0.29, 0.717) is 12.1 Å². The molecule has 4 N–H and O–H groups in total. The third-order valence-electron chi connectivity index (χ3n) is 2.59. The summed E-state index contributed by atoms with van der Waals surface area (Å²) in [5, 5.41) is 18.1. The molecule has 0 unspecified atom stereocenters. The van der Waals surface area contributed by atoms with Crippen LogP contribution < -0.4 is 5.73 Å². The van der Waals surface area contributed by atoms with Crippen LogP contribution >= 0.6 is 15.9 Å². The van der Waals surface area contributed by atoms with Gasteiger partial charge in [0.05, 0.1) is 5.52 Å². The number of halogens is 1. The summed E-state index contributed by atoms with van der Waals surface area (Å²) in [6.07, 6.45) is 0. The highest BCUT2D eigenvalue weighted by Gasteiger charge is 2.14. The monoisotopic (exact) mass is 281 g/mol. The van der Waals surface area contributed by atoms with E-state index in [9.17, 15) is 5.11 Å². The molecule has 0 amide bonds. The van der Waals surface area contributed by atoms with Crippen LogP contribution in [0.5, 0.6) is 5.88 Å². The van der Waals surface area contributed by atoms with Crippen molar-refractivity contribution in [1.29, 1.82) is 5.41 Å². The lowest BCUT2D eigenvalue weighted by Gasteiger charge is -2.06. The lowest BCUT2D eigenvalue weighted by atomic mass is 10.1. The molecule has 16 heavy (non-hydrogen) atoms. The standard InChI is InChI=1S/C11H12BrN3O/c1-2-15-9(16)5-7-6(11(13)14)3-4-8(12)10(7)15/h3-5,16H,2H2,1H3,(H3,13,14). The molecule has 1 aromatic carbocycles. The van der Waals surface area contributed by atoms with Gasteiger partial charge >= 0.3 is 0 Å². The van der Waals surface area contributed by atoms with Crippen molar-refractivity contribution in [2.45, 2.75) is 13.5 Å². The highest BCUT2D eigenvalue weighted by atomic mass is 79.9. The van der Waals surface area contributed by atoms with Gasteiger partial charge in [-0.1, -0.05) is 0 Å². The molecule has 0 radical (unpaired) electrons. The molecule has 0 saturated carbocycles. The van der Waals surface area contributed by atoms with E-state index in [-0.39, 0.29) is 11.7 Å². The summed E-state index contributed by atoms with van der Waals surface area (Å²) in [4.78, 5) is 0. The largest absolute Gasteiger partial charge is 0.494 e. The van der Waals surface area contributed by atoms with Crippen molar-refractivity contribution >= 4 is 32.7 Å². The van der Waals surface area contributed by atoms with Gasteiger partial charge in [0.25, 0.3) is 0 Å². The van der Waals surface area contributed by atoms with Gasteiger partial charge in [-0.15, -0.1) is 0 Å². The van der Waals surface area contributed by atoms with Crippen LogP contribution in [-0.4, -0.2) is 15.5 Å². The van der Waals surface area contributed by atoms with E-state index >= 15 is 0 Å². The number of hydrogen-bond acceptors (Lipinski definition) is 2. The Kier molecular flexibility index (Phi) is 2.63. The summed E-state index contributed by atoms with van der Waals surface area (Å²) >= 11 is 3.44. The van der Waals surface area contributed by atoms with E-state index in [1.807, 2.05) is 13.0 Å². The predicted molar refractivity (Wildman–Crippen MR) is 68.0 cm³/mol. The average molecular weight is 282 g/mol. The van der Waals surface area contributed by atoms with Crippen molar-refractivity contribution in [1.82, 2.24) is 4.57 Å². The number of nitrogens with one attached hydrogen (secondary N) is 1. The number of nitrogens with two attached hydrogens (primary N) is 1. The number of amidine groups is 1. The third kappa shape index (κ3) is 1.48. The molecule has 0 aliphatic carbocycles. The van der Waals surface area contributed by atoms with Gasteiger partial charge in [-0.25, -0.2) is 0 Å². The Morgan fingerprint density at radius 1 is 1.56 bits per heavy atom. The fourth-order valence-corrected chi connectivity index (χ4v) is 2.44. The predicted octanol–water partition coefficient (Wildman–Crippen LogP) is 2.41. The first kappa shape index (κ1) is 11.0. The second-order valence-electron chi connectivity index (χ2n) is 3.52. The molecule has 5 heteroatoms. The smallest absolute Gasteiger partial charge is 0.192 e. The molecule has 2 aromatic rings. The SMILES string of the molecule is CCn1c(O)cc2c(C(=N)N)ccc(Br)c21. The van der Waals surface area contributed by atoms with E-state index in [2.05, 4.69) is 15.9 Å². The molecule has 84 valence electrons. The molecule has 1 heterocycles. The number of benzene rings is 1. The van der Waals surface area contributed by atoms with Gasteiger partial charge in [0.2, 0.25) is 0 Å². The molecule has 0 saturated heterocycles. The minimum absolute atomic E-state index is 0.00533. The van der Waals surface area contributed by atoms with E-state index in [4.69, 9.17) is 11.1 Å². The van der Waals surface area contributed by atoms with Crippen molar-refractivity contribution in [3.8, 4) is 5.88 Å². The van der Waals surface area contributed by atoms with Crippen molar-refractivity contribution in [3.05, 3.63) is 28.2 Å². The van der Waals surface area contributed by atoms with Crippen LogP contribution in [-0.2, 0) is 6.54 Å². The number of rotatable bonds is 2. The van der Waals surface area contributed by atoms with Crippen LogP contribution in [0.4, 0.5) is 0 Å². The Labute approximate surface area is 101 Å². The molecular formula is C11H12BrN3O. The molecule has 0 bridgehead atoms. The minimum Gasteiger partial charge on any atom is -0.494 e. The van der Waals surface area contributed by atoms with E-state index in [1.165, 1.54) is 0 Å². The van der Waals surface area contributed by atoms with Crippen LogP contribution in [0.1, 0.15) is 12.5 Å². The molecule has 0 aliphatic rings. The first-order chi connectivity index (χ1) is 7.56. The van der Waals surface area contributed by atoms with E-state index in [0.717, 1.165) is 15.4 Å². The summed E-state index contributed by atoms with van der Waals surface area (Å²) in [6.45, 7) is 2.61. The van der Waals surface area contributed by atoms with Crippen molar-refractivity contribution in [3.63, 3.8) is 0 Å². The molecule has 4 nitrogen and oxygen atoms in total. The lowest BCUT2D eigenvalue weighted by Crippen LogP contribution is -2.11. The van der Waals surface area contributed by atoms with Gasteiger partial charge in [0.15, 0.2) is 5.88 Å². The van der Waals surface area contributed by atoms with Gasteiger partial charge < -0.3 is 15.4 Å². The third-order valence-corrected chi connectivity index (χ3v) is 3.23. The number of aromatic nitrogens is 1. The Balaban J connectivity index is 2.91. The highest BCUT2D eigenvalue weighted by Crippen LogP contribution is 2.32. The van der Waals surface area contributed by atoms with Gasteiger partial charge in [0, 0.05) is 28.0 Å². The second-order valence-corrected chi connectivity index (χ2v) is 4.37. The fraction of sp³-hybridized carbons (Fsp3) is 0.182. The Bertz CT molecular complexity index is 574. The van der Waals surface area contributed by atoms with Gasteiger partial charge in [-0.2, -0.15) is 0 Å². The summed E-state index contributed by atoms with van der Waals surface area (Å²) in [5.41, 5.74) is 7.02. The zero-order valence-electron chi connectivity index (χ0n) is 8.79. The Morgan fingerprint density at radius 3 is 2.81 bits per heavy atom. The van der Waals surface area contributed by atoms with Crippen molar-refractivity contribution in [2.24, 2.45) is 5.73 Å². The quantitative estimate of drug-likeness (QED) is 0.584. The number of aryl methyl sites for hydroxylation is 1. The molecule has 0 fully saturated rings. The highest BCUT2D eigenvalue weighted by molar-refractivity contribution is 9.10. The zero-order chi connectivity index (χ0) is 11.9. The van der Waals surface area contributed by atoms with E-state index in [1.54, 1.807) is 16.7 Å². The van der Waals surface area contributed by atoms with Crippen LogP contribution in [0.3, 0.4) is 0 Å². The maximum absolute atomic E-state index is 9.80. The molecule has 0 atom stereocenters. The first-order valence-corrected chi connectivity index (χ1v) is 5.70. The molecule has 0 spiro atoms. The minimum atomic E-state index is 0.00533. The summed E-state index contributed by atoms with van der Waals surface area (Å²) in [5.74, 6) is 0.192. The van der Waals surface area contributed by atoms with Crippen LogP contribution in [0, 0.1) is 5.41 Å². The second kappa shape index (κ2) is 3.83. The summed E-state index contributed by atoms with van der Waals surface area (Å²) in [7, 11) is 0. The van der Waals surface area contributed by atoms with Gasteiger partial charge in [-0.3, -0.25) is 5.41 Å². The Morgan fingerprint density at radius 2 is 2.25 bits per heavy atom. The topological polar surface area (TPSA) is 75.0 Å². The van der Waals surface area contributed by atoms with Gasteiger partial charge in [-0.05, 0) is 35.0 Å². The van der Waals surface area contributed by atoms with Crippen LogP contribution in [0.15, 0.2) is 22.7 Å². The first-order valence-electron chi connectivity index (χ1n) is 4.91. The molecule has 1 aromatic heterocycles. The van der Waals surface area contributed by atoms with Gasteiger partial charge in [0.1, 0.15) is 5.84 Å². The normalized spacial score (nSPS) is 10.9. The van der Waals surface area contributed by atoms with Crippen LogP contribution in [0.25, 0.3) is 10.9 Å². The average Bonchev–Trinajstić information content (AvgIpc) is 2.55. The van der Waals surface area contributed by atoms with Crippen LogP contribution in [0.2, 0.25) is 0 Å². The summed E-state index contributed by atoms with van der Waals surface area (Å²) < 4.78 is 2.65. The summed E-state index contributed by atoms with van der Waals surface area (Å²) in [6, 6.07) is 5.25. The number of aromatic hydroxyl groups is 1. The van der Waals surface area contributed by atoms with E-state index < -0.39 is 0 Å². The number of nitrogen functional groups attached to an aromatic ring is 1. The Hall–Kier alpha value is -1.49. The lowest BCUT2D eigenvalue weighted by molar-refractivity contribution is 0.425. The molecule has 2 rings (SSSR count). The number of hydrogen-bond donors (Lipinski definition) is 3. The van der Waals surface area contributed by atoms with Crippen molar-refractivity contribution < 1.29 is 5.11 Å². The number of nitrogens with zero attached hydrogens (tertiary/aromatic N) is 1. The zero-order valence-corrected chi connectivity index (χ0v) is 10.4. The van der Waals surface area contributed by atoms with Crippen molar-refractivity contribution in [2.75, 3.05) is 0 Å². The molecular weight excluding hydrogens is 270 g/mol.